The van der Waals surface area contributed by atoms with Crippen LogP contribution < -0.4 is 20.7 Å². The highest BCUT2D eigenvalue weighted by Gasteiger charge is 2.31. The molecule has 32 heavy (non-hydrogen) atoms. The van der Waals surface area contributed by atoms with E-state index in [9.17, 15) is 9.59 Å². The zero-order valence-corrected chi connectivity index (χ0v) is 17.8. The van der Waals surface area contributed by atoms with Crippen molar-refractivity contribution in [3.05, 3.63) is 41.9 Å². The number of nitrogens with one attached hydrogen (secondary N) is 3. The number of para-hydroxylation sites is 1. The lowest BCUT2D eigenvalue weighted by atomic mass is 10.0. The Labute approximate surface area is 184 Å². The Balaban J connectivity index is 1.56. The van der Waals surface area contributed by atoms with E-state index in [0.29, 0.717) is 58.6 Å². The third-order valence-electron chi connectivity index (χ3n) is 5.50. The molecule has 0 radical (unpaired) electrons. The number of aryl methyl sites for hydroxylation is 1. The number of nitrogens with zero attached hydrogens (tertiary/aromatic N) is 4. The van der Waals surface area contributed by atoms with Gasteiger partial charge in [-0.25, -0.2) is 9.97 Å². The van der Waals surface area contributed by atoms with Gasteiger partial charge in [-0.3, -0.25) is 14.3 Å². The Bertz CT molecular complexity index is 1220. The molecule has 0 spiro atoms. The molecule has 1 aliphatic heterocycles. The average Bonchev–Trinajstić information content (AvgIpc) is 3.54. The van der Waals surface area contributed by atoms with Gasteiger partial charge >= 0.3 is 0 Å². The third-order valence-corrected chi connectivity index (χ3v) is 5.50. The van der Waals surface area contributed by atoms with E-state index in [4.69, 9.17) is 4.74 Å². The lowest BCUT2D eigenvalue weighted by Gasteiger charge is -2.22. The summed E-state index contributed by atoms with van der Waals surface area (Å²) in [6, 6.07) is 7.27. The largest absolute Gasteiger partial charge is 0.494 e. The van der Waals surface area contributed by atoms with E-state index in [1.54, 1.807) is 31.2 Å². The molecule has 0 atom stereocenters. The second-order valence-corrected chi connectivity index (χ2v) is 7.90. The van der Waals surface area contributed by atoms with Crippen molar-refractivity contribution in [3.8, 4) is 17.1 Å². The highest BCUT2D eigenvalue weighted by molar-refractivity contribution is 6.04. The highest BCUT2D eigenvalue weighted by atomic mass is 16.5. The molecule has 3 heterocycles. The molecule has 164 valence electrons. The number of aromatic nitrogens is 4. The Morgan fingerprint density at radius 2 is 2.12 bits per heavy atom. The molecule has 0 saturated heterocycles. The van der Waals surface area contributed by atoms with Gasteiger partial charge < -0.3 is 20.7 Å². The van der Waals surface area contributed by atoms with Crippen molar-refractivity contribution in [2.45, 2.75) is 19.3 Å². The fraction of sp³-hybridized carbons (Fsp3) is 0.318. The fourth-order valence-electron chi connectivity index (χ4n) is 3.79. The van der Waals surface area contributed by atoms with Crippen LogP contribution in [0.25, 0.3) is 11.4 Å². The van der Waals surface area contributed by atoms with Crippen LogP contribution in [0.2, 0.25) is 0 Å². The van der Waals surface area contributed by atoms with E-state index in [1.165, 1.54) is 0 Å². The zero-order chi connectivity index (χ0) is 22.2. The van der Waals surface area contributed by atoms with Crippen molar-refractivity contribution in [2.24, 2.45) is 13.0 Å². The SMILES string of the molecule is COc1c(Nc2cc(NC(=O)C3CC3)nc3c2C(=O)NCC3)cccc1-c1ncn(C)n1. The predicted molar refractivity (Wildman–Crippen MR) is 118 cm³/mol. The van der Waals surface area contributed by atoms with Crippen molar-refractivity contribution < 1.29 is 14.3 Å². The first-order valence-electron chi connectivity index (χ1n) is 10.5. The first kappa shape index (κ1) is 20.0. The predicted octanol–water partition coefficient (Wildman–Crippen LogP) is 2.26. The summed E-state index contributed by atoms with van der Waals surface area (Å²) in [7, 11) is 3.37. The molecule has 10 nitrogen and oxygen atoms in total. The molecule has 10 heteroatoms. The summed E-state index contributed by atoms with van der Waals surface area (Å²) in [6.07, 6.45) is 4.00. The van der Waals surface area contributed by atoms with Crippen molar-refractivity contribution in [1.82, 2.24) is 25.1 Å². The first-order valence-corrected chi connectivity index (χ1v) is 10.5. The Kier molecular flexibility index (Phi) is 4.96. The molecule has 5 rings (SSSR count). The van der Waals surface area contributed by atoms with Gasteiger partial charge in [-0.2, -0.15) is 5.10 Å². The van der Waals surface area contributed by atoms with Crippen LogP contribution in [0, 0.1) is 5.92 Å². The highest BCUT2D eigenvalue weighted by Crippen LogP contribution is 2.38. The lowest BCUT2D eigenvalue weighted by Crippen LogP contribution is -2.33. The fourth-order valence-corrected chi connectivity index (χ4v) is 3.79. The van der Waals surface area contributed by atoms with Crippen molar-refractivity contribution in [2.75, 3.05) is 24.3 Å². The second-order valence-electron chi connectivity index (χ2n) is 7.90. The smallest absolute Gasteiger partial charge is 0.255 e. The molecule has 3 aromatic rings. The molecule has 0 bridgehead atoms. The molecule has 2 aliphatic rings. The summed E-state index contributed by atoms with van der Waals surface area (Å²) in [6.45, 7) is 0.502. The van der Waals surface area contributed by atoms with Crippen LogP contribution in [0.5, 0.6) is 5.75 Å². The quantitative estimate of drug-likeness (QED) is 0.545. The van der Waals surface area contributed by atoms with Crippen LogP contribution in [0.15, 0.2) is 30.6 Å². The number of anilines is 3. The first-order chi connectivity index (χ1) is 15.5. The Morgan fingerprint density at radius 3 is 2.84 bits per heavy atom. The topological polar surface area (TPSA) is 123 Å². The molecule has 1 saturated carbocycles. The average molecular weight is 433 g/mol. The van der Waals surface area contributed by atoms with E-state index in [2.05, 4.69) is 31.0 Å². The maximum Gasteiger partial charge on any atom is 0.255 e. The van der Waals surface area contributed by atoms with Gasteiger partial charge in [0.25, 0.3) is 5.91 Å². The van der Waals surface area contributed by atoms with Gasteiger partial charge in [0.15, 0.2) is 11.6 Å². The van der Waals surface area contributed by atoms with Gasteiger partial charge in [0.2, 0.25) is 5.91 Å². The van der Waals surface area contributed by atoms with Crippen molar-refractivity contribution in [3.63, 3.8) is 0 Å². The minimum absolute atomic E-state index is 0.0375. The van der Waals surface area contributed by atoms with Crippen LogP contribution in [-0.4, -0.2) is 45.2 Å². The summed E-state index contributed by atoms with van der Waals surface area (Å²) in [5.41, 5.74) is 3.01. The molecule has 1 aromatic carbocycles. The van der Waals surface area contributed by atoms with E-state index in [1.807, 2.05) is 18.2 Å². The number of carbonyl (C=O) groups is 2. The molecule has 3 N–H and O–H groups in total. The molecular formula is C22H23N7O3. The number of methoxy groups -OCH3 is 1. The van der Waals surface area contributed by atoms with Gasteiger partial charge in [-0.15, -0.1) is 0 Å². The van der Waals surface area contributed by atoms with Crippen LogP contribution in [0.4, 0.5) is 17.2 Å². The van der Waals surface area contributed by atoms with Crippen LogP contribution in [-0.2, 0) is 18.3 Å². The summed E-state index contributed by atoms with van der Waals surface area (Å²) in [5, 5.41) is 13.4. The molecule has 2 aromatic heterocycles. The number of fused-ring (bicyclic) bond motifs is 1. The normalized spacial score (nSPS) is 15.0. The van der Waals surface area contributed by atoms with Crippen molar-refractivity contribution >= 4 is 29.0 Å². The Hall–Kier alpha value is -3.95. The minimum atomic E-state index is -0.206. The van der Waals surface area contributed by atoms with Gasteiger partial charge in [0.05, 0.1) is 35.3 Å². The van der Waals surface area contributed by atoms with Crippen LogP contribution >= 0.6 is 0 Å². The van der Waals surface area contributed by atoms with Crippen LogP contribution in [0.1, 0.15) is 28.9 Å². The molecule has 0 unspecified atom stereocenters. The van der Waals surface area contributed by atoms with Gasteiger partial charge in [-0.1, -0.05) is 6.07 Å². The number of carbonyl (C=O) groups excluding carboxylic acids is 2. The second kappa shape index (κ2) is 7.95. The summed E-state index contributed by atoms with van der Waals surface area (Å²) >= 11 is 0. The Morgan fingerprint density at radius 1 is 1.28 bits per heavy atom. The monoisotopic (exact) mass is 433 g/mol. The van der Waals surface area contributed by atoms with E-state index >= 15 is 0 Å². The third kappa shape index (κ3) is 3.75. The number of hydrogen-bond donors (Lipinski definition) is 3. The number of rotatable bonds is 6. The number of pyridine rings is 1. The standard InChI is InChI=1S/C22H23N7O3/c1-29-11-24-20(28-29)13-4-3-5-15(19(13)32-2)25-16-10-17(27-21(30)12-6-7-12)26-14-8-9-23-22(31)18(14)16/h3-5,10-12H,6-9H2,1-2H3,(H,23,31)(H2,25,26,27,30). The number of benzene rings is 1. The van der Waals surface area contributed by atoms with Gasteiger partial charge in [-0.05, 0) is 25.0 Å². The van der Waals surface area contributed by atoms with E-state index in [-0.39, 0.29) is 17.7 Å². The summed E-state index contributed by atoms with van der Waals surface area (Å²) in [4.78, 5) is 33.8. The van der Waals surface area contributed by atoms with E-state index < -0.39 is 0 Å². The number of hydrogen-bond acceptors (Lipinski definition) is 7. The molecular weight excluding hydrogens is 410 g/mol. The molecule has 1 fully saturated rings. The van der Waals surface area contributed by atoms with Gasteiger partial charge in [0.1, 0.15) is 12.1 Å². The van der Waals surface area contributed by atoms with Crippen LogP contribution in [0.3, 0.4) is 0 Å². The maximum absolute atomic E-state index is 12.7. The number of ether oxygens (including phenoxy) is 1. The molecule has 2 amide bonds. The number of amides is 2. The summed E-state index contributed by atoms with van der Waals surface area (Å²) in [5.74, 6) is 1.31. The lowest BCUT2D eigenvalue weighted by molar-refractivity contribution is -0.117. The maximum atomic E-state index is 12.7. The van der Waals surface area contributed by atoms with E-state index in [0.717, 1.165) is 12.8 Å². The van der Waals surface area contributed by atoms with Gasteiger partial charge in [0, 0.05) is 32.0 Å². The summed E-state index contributed by atoms with van der Waals surface area (Å²) < 4.78 is 7.30. The minimum Gasteiger partial charge on any atom is -0.494 e. The zero-order valence-electron chi connectivity index (χ0n) is 17.8. The van der Waals surface area contributed by atoms with Crippen molar-refractivity contribution in [1.29, 1.82) is 0 Å². The molecule has 1 aliphatic carbocycles.